The lowest BCUT2D eigenvalue weighted by molar-refractivity contribution is 0.157. The summed E-state index contributed by atoms with van der Waals surface area (Å²) in [5, 5.41) is 13.9. The highest BCUT2D eigenvalue weighted by Crippen LogP contribution is 2.42. The zero-order valence-electron chi connectivity index (χ0n) is 13.9. The molecule has 2 N–H and O–H groups in total. The van der Waals surface area contributed by atoms with Crippen LogP contribution in [0.2, 0.25) is 0 Å². The van der Waals surface area contributed by atoms with Gasteiger partial charge in [-0.05, 0) is 6.42 Å². The minimum absolute atomic E-state index is 0.183. The molecule has 1 fully saturated rings. The number of piperazine rings is 1. The summed E-state index contributed by atoms with van der Waals surface area (Å²) in [6, 6.07) is 3.72. The van der Waals surface area contributed by atoms with E-state index < -0.39 is 0 Å². The predicted molar refractivity (Wildman–Crippen MR) is 87.9 cm³/mol. The fourth-order valence-corrected chi connectivity index (χ4v) is 3.11. The van der Waals surface area contributed by atoms with Gasteiger partial charge in [0.05, 0.1) is 19.8 Å². The molecule has 1 heterocycles. The number of ether oxygens (including phenoxy) is 2. The molecular weight excluding hydrogens is 280 g/mol. The van der Waals surface area contributed by atoms with Crippen molar-refractivity contribution in [2.45, 2.75) is 32.2 Å². The molecule has 5 heteroatoms. The van der Waals surface area contributed by atoms with E-state index in [1.165, 1.54) is 0 Å². The van der Waals surface area contributed by atoms with Gasteiger partial charge < -0.3 is 19.9 Å². The summed E-state index contributed by atoms with van der Waals surface area (Å²) in [4.78, 5) is 2.44. The van der Waals surface area contributed by atoms with Crippen LogP contribution in [0.4, 0.5) is 0 Å². The van der Waals surface area contributed by atoms with Gasteiger partial charge in [0.1, 0.15) is 17.2 Å². The number of nitrogens with zero attached hydrogens (tertiary/aromatic N) is 1. The molecule has 0 aliphatic carbocycles. The van der Waals surface area contributed by atoms with E-state index in [0.29, 0.717) is 11.5 Å². The molecule has 2 rings (SSSR count). The van der Waals surface area contributed by atoms with Crippen molar-refractivity contribution in [3.8, 4) is 17.2 Å². The fraction of sp³-hybridized carbons (Fsp3) is 0.647. The van der Waals surface area contributed by atoms with Gasteiger partial charge >= 0.3 is 0 Å². The summed E-state index contributed by atoms with van der Waals surface area (Å²) < 4.78 is 10.8. The van der Waals surface area contributed by atoms with Crippen molar-refractivity contribution in [3.05, 3.63) is 17.7 Å². The van der Waals surface area contributed by atoms with Gasteiger partial charge in [-0.3, -0.25) is 4.90 Å². The van der Waals surface area contributed by atoms with E-state index in [4.69, 9.17) is 9.47 Å². The molecule has 0 saturated carbocycles. The molecule has 1 aromatic carbocycles. The van der Waals surface area contributed by atoms with Crippen LogP contribution in [0.3, 0.4) is 0 Å². The highest BCUT2D eigenvalue weighted by atomic mass is 16.5. The lowest BCUT2D eigenvalue weighted by atomic mass is 9.96. The average Bonchev–Trinajstić information content (AvgIpc) is 2.56. The van der Waals surface area contributed by atoms with E-state index in [1.807, 2.05) is 6.07 Å². The third kappa shape index (κ3) is 3.84. The number of unbranched alkanes of at least 4 members (excludes halogenated alkanes) is 1. The molecule has 5 nitrogen and oxygen atoms in total. The normalized spacial score (nSPS) is 17.2. The molecule has 1 aliphatic heterocycles. The molecule has 0 unspecified atom stereocenters. The summed E-state index contributed by atoms with van der Waals surface area (Å²) in [5.74, 6) is 1.58. The van der Waals surface area contributed by atoms with Crippen LogP contribution in [-0.4, -0.2) is 50.4 Å². The molecule has 1 aliphatic rings. The zero-order valence-corrected chi connectivity index (χ0v) is 13.9. The summed E-state index contributed by atoms with van der Waals surface area (Å²) in [7, 11) is 3.24. The number of rotatable bonds is 7. The van der Waals surface area contributed by atoms with Gasteiger partial charge in [0.15, 0.2) is 0 Å². The maximum atomic E-state index is 10.5. The third-order valence-corrected chi connectivity index (χ3v) is 4.31. The smallest absolute Gasteiger partial charge is 0.131 e. The van der Waals surface area contributed by atoms with Crippen LogP contribution in [-0.2, 0) is 0 Å². The van der Waals surface area contributed by atoms with Crippen LogP contribution < -0.4 is 14.8 Å². The highest BCUT2D eigenvalue weighted by Gasteiger charge is 2.27. The van der Waals surface area contributed by atoms with E-state index in [0.717, 1.165) is 51.0 Å². The number of nitrogens with one attached hydrogen (secondary N) is 1. The van der Waals surface area contributed by atoms with Gasteiger partial charge in [-0.1, -0.05) is 19.8 Å². The SMILES string of the molecule is CCCC[C@@H](c1c(O)cc(OC)cc1OC)N1CCNCC1. The Labute approximate surface area is 133 Å². The Hall–Kier alpha value is -1.46. The standard InChI is InChI=1S/C17H28N2O3/c1-4-5-6-14(19-9-7-18-8-10-19)17-15(20)11-13(21-2)12-16(17)22-3/h11-12,14,18,20H,4-10H2,1-3H3/t14-/m0/s1. The molecule has 0 bridgehead atoms. The molecule has 22 heavy (non-hydrogen) atoms. The van der Waals surface area contributed by atoms with Crippen LogP contribution >= 0.6 is 0 Å². The van der Waals surface area contributed by atoms with Crippen molar-refractivity contribution in [2.24, 2.45) is 0 Å². The Morgan fingerprint density at radius 1 is 1.23 bits per heavy atom. The molecule has 124 valence electrons. The monoisotopic (exact) mass is 308 g/mol. The molecule has 0 aromatic heterocycles. The number of benzene rings is 1. The number of phenolic OH excluding ortho intramolecular Hbond substituents is 1. The number of methoxy groups -OCH3 is 2. The van der Waals surface area contributed by atoms with E-state index >= 15 is 0 Å². The Kier molecular flexibility index (Phi) is 6.34. The summed E-state index contributed by atoms with van der Waals surface area (Å²) in [5.41, 5.74) is 0.888. The summed E-state index contributed by atoms with van der Waals surface area (Å²) >= 11 is 0. The van der Waals surface area contributed by atoms with E-state index in [9.17, 15) is 5.11 Å². The number of phenols is 1. The Morgan fingerprint density at radius 2 is 1.95 bits per heavy atom. The van der Waals surface area contributed by atoms with Crippen molar-refractivity contribution >= 4 is 0 Å². The fourth-order valence-electron chi connectivity index (χ4n) is 3.11. The van der Waals surface area contributed by atoms with Crippen LogP contribution in [0, 0.1) is 0 Å². The van der Waals surface area contributed by atoms with Crippen LogP contribution in [0.1, 0.15) is 37.8 Å². The topological polar surface area (TPSA) is 54.0 Å². The predicted octanol–water partition coefficient (Wildman–Crippen LogP) is 2.55. The first kappa shape index (κ1) is 16.9. The molecule has 0 amide bonds. The minimum atomic E-state index is 0.183. The van der Waals surface area contributed by atoms with Crippen molar-refractivity contribution in [1.82, 2.24) is 10.2 Å². The second-order valence-corrected chi connectivity index (χ2v) is 5.71. The Balaban J connectivity index is 2.36. The summed E-state index contributed by atoms with van der Waals surface area (Å²) in [6.07, 6.45) is 3.29. The average molecular weight is 308 g/mol. The molecular formula is C17H28N2O3. The first-order valence-electron chi connectivity index (χ1n) is 8.10. The Bertz CT molecular complexity index is 473. The van der Waals surface area contributed by atoms with Crippen molar-refractivity contribution in [2.75, 3.05) is 40.4 Å². The highest BCUT2D eigenvalue weighted by molar-refractivity contribution is 5.51. The first-order valence-corrected chi connectivity index (χ1v) is 8.10. The Morgan fingerprint density at radius 3 is 2.55 bits per heavy atom. The third-order valence-electron chi connectivity index (χ3n) is 4.31. The zero-order chi connectivity index (χ0) is 15.9. The molecule has 0 spiro atoms. The number of aromatic hydroxyl groups is 1. The minimum Gasteiger partial charge on any atom is -0.507 e. The maximum absolute atomic E-state index is 10.5. The van der Waals surface area contributed by atoms with Crippen LogP contribution in [0.15, 0.2) is 12.1 Å². The maximum Gasteiger partial charge on any atom is 0.131 e. The molecule has 1 aromatic rings. The lowest BCUT2D eigenvalue weighted by Gasteiger charge is -2.36. The molecule has 1 atom stereocenters. The number of hydrogen-bond acceptors (Lipinski definition) is 5. The number of hydrogen-bond donors (Lipinski definition) is 2. The van der Waals surface area contributed by atoms with Gasteiger partial charge in [0.2, 0.25) is 0 Å². The quantitative estimate of drug-likeness (QED) is 0.811. The molecule has 0 radical (unpaired) electrons. The van der Waals surface area contributed by atoms with Gasteiger partial charge in [0.25, 0.3) is 0 Å². The van der Waals surface area contributed by atoms with Gasteiger partial charge in [0, 0.05) is 44.4 Å². The molecule has 1 saturated heterocycles. The van der Waals surface area contributed by atoms with E-state index in [1.54, 1.807) is 20.3 Å². The van der Waals surface area contributed by atoms with Crippen molar-refractivity contribution in [3.63, 3.8) is 0 Å². The van der Waals surface area contributed by atoms with Gasteiger partial charge in [-0.2, -0.15) is 0 Å². The van der Waals surface area contributed by atoms with Crippen LogP contribution in [0.25, 0.3) is 0 Å². The van der Waals surface area contributed by atoms with E-state index in [-0.39, 0.29) is 11.8 Å². The second kappa shape index (κ2) is 8.25. The van der Waals surface area contributed by atoms with Crippen molar-refractivity contribution in [1.29, 1.82) is 0 Å². The van der Waals surface area contributed by atoms with Crippen molar-refractivity contribution < 1.29 is 14.6 Å². The largest absolute Gasteiger partial charge is 0.507 e. The summed E-state index contributed by atoms with van der Waals surface area (Å²) in [6.45, 7) is 6.15. The van der Waals surface area contributed by atoms with Gasteiger partial charge in [-0.15, -0.1) is 0 Å². The second-order valence-electron chi connectivity index (χ2n) is 5.71. The first-order chi connectivity index (χ1) is 10.7. The van der Waals surface area contributed by atoms with E-state index in [2.05, 4.69) is 17.1 Å². The van der Waals surface area contributed by atoms with Gasteiger partial charge in [-0.25, -0.2) is 0 Å². The lowest BCUT2D eigenvalue weighted by Crippen LogP contribution is -2.45. The van der Waals surface area contributed by atoms with Crippen LogP contribution in [0.5, 0.6) is 17.2 Å².